The molecular formula is C52H66N4O6. The Morgan fingerprint density at radius 2 is 0.806 bits per heavy atom. The Kier molecular flexibility index (Phi) is 17.3. The summed E-state index contributed by atoms with van der Waals surface area (Å²) < 4.78 is 12.3. The first kappa shape index (κ1) is 46.2. The van der Waals surface area contributed by atoms with Crippen LogP contribution in [0.3, 0.4) is 0 Å². The molecule has 0 spiro atoms. The van der Waals surface area contributed by atoms with Gasteiger partial charge in [-0.1, -0.05) is 174 Å². The minimum atomic E-state index is -1.19. The molecule has 2 heterocycles. The van der Waals surface area contributed by atoms with Gasteiger partial charge in [-0.2, -0.15) is 0 Å². The minimum absolute atomic E-state index is 0.210. The highest BCUT2D eigenvalue weighted by Crippen LogP contribution is 2.56. The molecule has 0 aliphatic carbocycles. The summed E-state index contributed by atoms with van der Waals surface area (Å²) >= 11 is 0. The number of ether oxygens (including phenoxy) is 2. The maximum absolute atomic E-state index is 15.2. The molecule has 0 radical (unpaired) electrons. The van der Waals surface area contributed by atoms with E-state index in [-0.39, 0.29) is 13.2 Å². The number of aryl methyl sites for hydroxylation is 2. The van der Waals surface area contributed by atoms with Gasteiger partial charge in [0.15, 0.2) is 0 Å². The van der Waals surface area contributed by atoms with Crippen molar-refractivity contribution in [2.24, 2.45) is 11.8 Å². The third kappa shape index (κ3) is 11.6. The number of rotatable bonds is 22. The first-order valence-corrected chi connectivity index (χ1v) is 23.0. The van der Waals surface area contributed by atoms with E-state index in [4.69, 9.17) is 9.47 Å². The van der Waals surface area contributed by atoms with Gasteiger partial charge in [0.05, 0.1) is 25.3 Å². The molecule has 0 unspecified atom stereocenters. The first-order valence-electron chi connectivity index (χ1n) is 23.0. The number of carbonyl (C=O) groups excluding carboxylic acids is 4. The fraction of sp³-hybridized carbons (Fsp3) is 0.462. The van der Waals surface area contributed by atoms with Crippen LogP contribution in [0.1, 0.15) is 125 Å². The zero-order valence-electron chi connectivity index (χ0n) is 37.1. The molecule has 2 aliphatic rings. The van der Waals surface area contributed by atoms with Gasteiger partial charge in [0.25, 0.3) is 0 Å². The van der Waals surface area contributed by atoms with Gasteiger partial charge in [0.2, 0.25) is 11.8 Å². The van der Waals surface area contributed by atoms with Crippen LogP contribution in [0.25, 0.3) is 0 Å². The highest BCUT2D eigenvalue weighted by Gasteiger charge is 2.68. The lowest BCUT2D eigenvalue weighted by atomic mass is 9.81. The predicted octanol–water partition coefficient (Wildman–Crippen LogP) is 10.7. The van der Waals surface area contributed by atoms with Crippen LogP contribution in [0.5, 0.6) is 0 Å². The van der Waals surface area contributed by atoms with E-state index in [9.17, 15) is 9.59 Å². The Morgan fingerprint density at radius 3 is 1.16 bits per heavy atom. The second kappa shape index (κ2) is 23.2. The highest BCUT2D eigenvalue weighted by atomic mass is 16.5. The molecule has 6 atom stereocenters. The Labute approximate surface area is 368 Å². The molecule has 0 saturated carbocycles. The number of hydrogen-bond donors (Lipinski definition) is 2. The van der Waals surface area contributed by atoms with Gasteiger partial charge in [0.1, 0.15) is 23.9 Å². The van der Waals surface area contributed by atoms with E-state index >= 15 is 9.59 Å². The second-order valence-corrected chi connectivity index (χ2v) is 17.0. The van der Waals surface area contributed by atoms with Crippen LogP contribution in [-0.4, -0.2) is 59.1 Å². The van der Waals surface area contributed by atoms with Crippen LogP contribution >= 0.6 is 0 Å². The van der Waals surface area contributed by atoms with E-state index in [1.54, 1.807) is 24.3 Å². The van der Waals surface area contributed by atoms with Crippen molar-refractivity contribution in [1.29, 1.82) is 0 Å². The molecule has 330 valence electrons. The van der Waals surface area contributed by atoms with Crippen molar-refractivity contribution in [3.8, 4) is 0 Å². The van der Waals surface area contributed by atoms with Crippen molar-refractivity contribution in [3.63, 3.8) is 0 Å². The van der Waals surface area contributed by atoms with Gasteiger partial charge in [-0.15, -0.1) is 0 Å². The van der Waals surface area contributed by atoms with E-state index in [2.05, 4.69) is 24.5 Å². The summed E-state index contributed by atoms with van der Waals surface area (Å²) in [5.41, 5.74) is 4.58. The van der Waals surface area contributed by atoms with Gasteiger partial charge < -0.3 is 20.1 Å². The second-order valence-electron chi connectivity index (χ2n) is 17.0. The van der Waals surface area contributed by atoms with Gasteiger partial charge >= 0.3 is 11.9 Å². The number of amides is 2. The molecule has 62 heavy (non-hydrogen) atoms. The van der Waals surface area contributed by atoms with Gasteiger partial charge in [-0.3, -0.25) is 19.2 Å². The van der Waals surface area contributed by atoms with Crippen molar-refractivity contribution in [2.45, 2.75) is 129 Å². The lowest BCUT2D eigenvalue weighted by Gasteiger charge is -2.33. The van der Waals surface area contributed by atoms with E-state index in [0.717, 1.165) is 73.6 Å². The standard InChI is InChI=1S/C52H66N4O6/c1-5-7-9-11-13-21-35-61-51(59)43-45(39-31-27-37(3)28-32-39)55-48(50(58)54-42-25-19-16-20-26-42)44(52(60)62-36-22-14-12-10-8-6-2)46(40-33-29-38(4)30-34-40)56(55)47(43)49(57)53-41-23-17-15-18-24-41/h15-20,23-34,43-48H,5-14,21-22,35-36H2,1-4H3,(H,53,57)(H,54,58)/t43-,44-,45+,46+,47-,48+/m0/s1. The maximum atomic E-state index is 15.2. The van der Waals surface area contributed by atoms with Crippen molar-refractivity contribution < 1.29 is 28.7 Å². The summed E-state index contributed by atoms with van der Waals surface area (Å²) in [6.45, 7) is 8.76. The molecule has 4 aromatic rings. The highest BCUT2D eigenvalue weighted by molar-refractivity contribution is 6.01. The van der Waals surface area contributed by atoms with Crippen molar-refractivity contribution >= 4 is 35.1 Å². The van der Waals surface area contributed by atoms with Crippen LogP contribution < -0.4 is 10.6 Å². The molecular weight excluding hydrogens is 777 g/mol. The van der Waals surface area contributed by atoms with Crippen LogP contribution in [0.15, 0.2) is 109 Å². The molecule has 10 heteroatoms. The SMILES string of the molecule is CCCCCCCCOC(=O)[C@@H]1[C@@H](C(=O)Nc2ccccc2)N2[C@H](c3ccc(C)cc3)[C@H](C(=O)OCCCCCCCC)[C@H](C(=O)Nc3ccccc3)N2[C@@H]1c1ccc(C)cc1. The molecule has 10 nitrogen and oxygen atoms in total. The molecule has 2 saturated heterocycles. The van der Waals surface area contributed by atoms with Crippen LogP contribution in [0, 0.1) is 25.7 Å². The van der Waals surface area contributed by atoms with Crippen LogP contribution in [-0.2, 0) is 28.7 Å². The summed E-state index contributed by atoms with van der Waals surface area (Å²) in [6, 6.07) is 29.8. The average molecular weight is 843 g/mol. The fourth-order valence-corrected chi connectivity index (χ4v) is 9.03. The van der Waals surface area contributed by atoms with Crippen molar-refractivity contribution in [2.75, 3.05) is 23.8 Å². The average Bonchev–Trinajstić information content (AvgIpc) is 3.80. The normalized spacial score (nSPS) is 21.0. The van der Waals surface area contributed by atoms with Gasteiger partial charge in [-0.25, -0.2) is 10.0 Å². The fourth-order valence-electron chi connectivity index (χ4n) is 9.03. The quantitative estimate of drug-likeness (QED) is 0.0593. The van der Waals surface area contributed by atoms with Crippen LogP contribution in [0.2, 0.25) is 0 Å². The zero-order valence-corrected chi connectivity index (χ0v) is 37.1. The van der Waals surface area contributed by atoms with Crippen molar-refractivity contribution in [3.05, 3.63) is 131 Å². The third-order valence-corrected chi connectivity index (χ3v) is 12.3. The molecule has 4 aromatic carbocycles. The molecule has 2 N–H and O–H groups in total. The maximum Gasteiger partial charge on any atom is 0.313 e. The van der Waals surface area contributed by atoms with Crippen molar-refractivity contribution in [1.82, 2.24) is 10.0 Å². The Hall–Kier alpha value is -5.32. The number of esters is 2. The number of nitrogens with one attached hydrogen (secondary N) is 2. The topological polar surface area (TPSA) is 117 Å². The van der Waals surface area contributed by atoms with Crippen LogP contribution in [0.4, 0.5) is 11.4 Å². The Morgan fingerprint density at radius 1 is 0.468 bits per heavy atom. The third-order valence-electron chi connectivity index (χ3n) is 12.3. The van der Waals surface area contributed by atoms with Gasteiger partial charge in [0, 0.05) is 11.4 Å². The number of anilines is 2. The molecule has 2 fully saturated rings. The number of hydrogen-bond acceptors (Lipinski definition) is 8. The summed E-state index contributed by atoms with van der Waals surface area (Å²) in [5.74, 6) is -4.11. The molecule has 2 amide bonds. The first-order chi connectivity index (χ1) is 30.2. The van der Waals surface area contributed by atoms with E-state index in [1.807, 2.05) is 109 Å². The lowest BCUT2D eigenvalue weighted by molar-refractivity contribution is -0.154. The molecule has 0 bridgehead atoms. The largest absolute Gasteiger partial charge is 0.465 e. The number of benzene rings is 4. The van der Waals surface area contributed by atoms with Gasteiger partial charge in [-0.05, 0) is 62.1 Å². The summed E-state index contributed by atoms with van der Waals surface area (Å²) in [4.78, 5) is 60.2. The number of para-hydroxylation sites is 2. The predicted molar refractivity (Wildman–Crippen MR) is 245 cm³/mol. The summed E-state index contributed by atoms with van der Waals surface area (Å²) in [7, 11) is 0. The van der Waals surface area contributed by atoms with E-state index < -0.39 is 59.8 Å². The summed E-state index contributed by atoms with van der Waals surface area (Å²) in [5, 5.41) is 9.88. The van der Waals surface area contributed by atoms with E-state index in [0.29, 0.717) is 24.2 Å². The number of fused-ring (bicyclic) bond motifs is 1. The number of carbonyl (C=O) groups is 4. The molecule has 2 aliphatic heterocycles. The van der Waals surface area contributed by atoms with E-state index in [1.165, 1.54) is 12.8 Å². The molecule has 0 aromatic heterocycles. The number of hydrazine groups is 1. The lowest BCUT2D eigenvalue weighted by Crippen LogP contribution is -2.49. The Balaban J connectivity index is 1.49. The minimum Gasteiger partial charge on any atom is -0.465 e. The Bertz CT molecular complexity index is 1880. The number of nitrogens with zero attached hydrogens (tertiary/aromatic N) is 2. The monoisotopic (exact) mass is 842 g/mol. The molecule has 6 rings (SSSR count). The summed E-state index contributed by atoms with van der Waals surface area (Å²) in [6.07, 6.45) is 12.2. The zero-order chi connectivity index (χ0) is 43.8. The number of unbranched alkanes of at least 4 members (excludes halogenated alkanes) is 10. The smallest absolute Gasteiger partial charge is 0.313 e.